The van der Waals surface area contributed by atoms with Crippen LogP contribution in [-0.4, -0.2) is 48.6 Å². The average Bonchev–Trinajstić information content (AvgIpc) is 1.95. The molecule has 7 heteroatoms. The highest BCUT2D eigenvalue weighted by molar-refractivity contribution is 5.85. The first-order valence-electron chi connectivity index (χ1n) is 3.22. The maximum atomic E-state index is 9.88. The second-order valence-corrected chi connectivity index (χ2v) is 1.89. The molecule has 0 aliphatic carbocycles. The molecule has 0 rings (SSSR count). The zero-order valence-electron chi connectivity index (χ0n) is 6.76. The molecular weight excluding hydrogens is 204 g/mol. The first kappa shape index (κ1) is 14.7. The van der Waals surface area contributed by atoms with Crippen molar-refractivity contribution in [3.05, 3.63) is 0 Å². The minimum atomic E-state index is -1.06. The van der Waals surface area contributed by atoms with Crippen molar-refractivity contribution >= 4 is 24.3 Å². The van der Waals surface area contributed by atoms with Crippen LogP contribution in [0.2, 0.25) is 0 Å². The molecule has 0 aromatic heterocycles. The number of carbonyl (C=O) groups is 2. The van der Waals surface area contributed by atoms with Gasteiger partial charge in [0.2, 0.25) is 0 Å². The Hall–Kier alpha value is -0.850. The molecule has 78 valence electrons. The highest BCUT2D eigenvalue weighted by Gasteiger charge is 1.97. The van der Waals surface area contributed by atoms with Crippen molar-refractivity contribution in [2.24, 2.45) is 0 Å². The molecular formula is C6H11ClO6. The summed E-state index contributed by atoms with van der Waals surface area (Å²) in [5.41, 5.74) is 0. The fourth-order valence-electron chi connectivity index (χ4n) is 0.437. The maximum absolute atomic E-state index is 9.88. The molecule has 0 saturated heterocycles. The Morgan fingerprint density at radius 2 is 1.23 bits per heavy atom. The lowest BCUT2D eigenvalue weighted by Gasteiger charge is -2.00. The van der Waals surface area contributed by atoms with E-state index in [0.29, 0.717) is 0 Å². The highest BCUT2D eigenvalue weighted by atomic mass is 35.5. The smallest absolute Gasteiger partial charge is 0.329 e. The minimum absolute atomic E-state index is 0. The van der Waals surface area contributed by atoms with Gasteiger partial charge in [0.1, 0.15) is 13.2 Å². The summed E-state index contributed by atoms with van der Waals surface area (Å²) in [7, 11) is 0. The first-order chi connectivity index (χ1) is 5.63. The van der Waals surface area contributed by atoms with Gasteiger partial charge in [0.25, 0.3) is 0 Å². The molecule has 0 aromatic rings. The molecule has 0 atom stereocenters. The molecule has 0 saturated carbocycles. The molecule has 2 N–H and O–H groups in total. The molecule has 0 aromatic carbocycles. The summed E-state index contributed by atoms with van der Waals surface area (Å²) in [6, 6.07) is 0. The number of ether oxygens (including phenoxy) is 2. The normalized spacial score (nSPS) is 8.92. The number of hydrogen-bond donors (Lipinski definition) is 2. The van der Waals surface area contributed by atoms with Crippen LogP contribution in [0.1, 0.15) is 0 Å². The molecule has 0 unspecified atom stereocenters. The average molecular weight is 215 g/mol. The summed E-state index contributed by atoms with van der Waals surface area (Å²) >= 11 is 0. The van der Waals surface area contributed by atoms with Crippen molar-refractivity contribution in [3.8, 4) is 0 Å². The second kappa shape index (κ2) is 9.24. The topological polar surface area (TPSA) is 93.1 Å². The van der Waals surface area contributed by atoms with Crippen molar-refractivity contribution in [1.29, 1.82) is 0 Å². The third kappa shape index (κ3) is 14.1. The van der Waals surface area contributed by atoms with Gasteiger partial charge in [0.15, 0.2) is 0 Å². The number of hydrogen-bond acceptors (Lipinski definition) is 4. The quantitative estimate of drug-likeness (QED) is 0.561. The van der Waals surface area contributed by atoms with E-state index in [1.165, 1.54) is 0 Å². The van der Waals surface area contributed by atoms with E-state index in [1.54, 1.807) is 0 Å². The van der Waals surface area contributed by atoms with Crippen molar-refractivity contribution in [2.75, 3.05) is 26.4 Å². The van der Waals surface area contributed by atoms with E-state index in [0.717, 1.165) is 0 Å². The standard InChI is InChI=1S/C6H10O6.ClH/c7-5(8)3-11-1-2-12-4-6(9)10;/h1-4H2,(H,7,8)(H,9,10);1H. The van der Waals surface area contributed by atoms with Gasteiger partial charge in [-0.15, -0.1) is 12.4 Å². The highest BCUT2D eigenvalue weighted by Crippen LogP contribution is 1.78. The van der Waals surface area contributed by atoms with Gasteiger partial charge in [-0.25, -0.2) is 9.59 Å². The fraction of sp³-hybridized carbons (Fsp3) is 0.667. The van der Waals surface area contributed by atoms with Crippen LogP contribution in [0.3, 0.4) is 0 Å². The predicted octanol–water partition coefficient (Wildman–Crippen LogP) is -0.389. The lowest BCUT2D eigenvalue weighted by atomic mass is 10.7. The third-order valence-corrected chi connectivity index (χ3v) is 0.823. The Labute approximate surface area is 80.9 Å². The van der Waals surface area contributed by atoms with Crippen molar-refractivity contribution in [2.45, 2.75) is 0 Å². The SMILES string of the molecule is Cl.O=C(O)COCCOCC(=O)O. The van der Waals surface area contributed by atoms with E-state index >= 15 is 0 Å². The largest absolute Gasteiger partial charge is 0.480 e. The molecule has 0 bridgehead atoms. The van der Waals surface area contributed by atoms with E-state index in [4.69, 9.17) is 10.2 Å². The van der Waals surface area contributed by atoms with Crippen molar-refractivity contribution in [1.82, 2.24) is 0 Å². The van der Waals surface area contributed by atoms with Gasteiger partial charge in [-0.1, -0.05) is 0 Å². The Bertz CT molecular complexity index is 141. The zero-order valence-corrected chi connectivity index (χ0v) is 7.58. The summed E-state index contributed by atoms with van der Waals surface area (Å²) in [6.45, 7) is -0.619. The zero-order chi connectivity index (χ0) is 9.40. The van der Waals surface area contributed by atoms with Crippen LogP contribution in [0.15, 0.2) is 0 Å². The van der Waals surface area contributed by atoms with Crippen LogP contribution in [0.4, 0.5) is 0 Å². The number of aliphatic carboxylic acids is 2. The summed E-state index contributed by atoms with van der Waals surface area (Å²) in [6.07, 6.45) is 0. The molecule has 0 aliphatic heterocycles. The monoisotopic (exact) mass is 214 g/mol. The van der Waals surface area contributed by atoms with Gasteiger partial charge in [0, 0.05) is 0 Å². The number of halogens is 1. The van der Waals surface area contributed by atoms with Crippen LogP contribution in [0.5, 0.6) is 0 Å². The van der Waals surface area contributed by atoms with E-state index in [1.807, 2.05) is 0 Å². The van der Waals surface area contributed by atoms with Gasteiger partial charge >= 0.3 is 11.9 Å². The second-order valence-electron chi connectivity index (χ2n) is 1.89. The van der Waals surface area contributed by atoms with Gasteiger partial charge in [0.05, 0.1) is 13.2 Å². The van der Waals surface area contributed by atoms with E-state index in [9.17, 15) is 9.59 Å². The minimum Gasteiger partial charge on any atom is -0.480 e. The molecule has 6 nitrogen and oxygen atoms in total. The Morgan fingerprint density at radius 3 is 1.46 bits per heavy atom. The summed E-state index contributed by atoms with van der Waals surface area (Å²) in [5, 5.41) is 16.2. The van der Waals surface area contributed by atoms with Crippen molar-refractivity contribution in [3.63, 3.8) is 0 Å². The van der Waals surface area contributed by atoms with E-state index in [2.05, 4.69) is 9.47 Å². The van der Waals surface area contributed by atoms with Crippen LogP contribution in [0.25, 0.3) is 0 Å². The molecule has 13 heavy (non-hydrogen) atoms. The third-order valence-electron chi connectivity index (χ3n) is 0.823. The summed E-state index contributed by atoms with van der Waals surface area (Å²) in [4.78, 5) is 19.8. The predicted molar refractivity (Wildman–Crippen MR) is 44.2 cm³/mol. The molecule has 0 spiro atoms. The van der Waals surface area contributed by atoms with Crippen LogP contribution >= 0.6 is 12.4 Å². The molecule has 0 heterocycles. The molecule has 0 radical (unpaired) electrons. The number of rotatable bonds is 7. The van der Waals surface area contributed by atoms with Gasteiger partial charge in [-0.2, -0.15) is 0 Å². The Kier molecular flexibility index (Phi) is 10.4. The number of carboxylic acid groups (broad SMARTS) is 2. The first-order valence-corrected chi connectivity index (χ1v) is 3.22. The van der Waals surface area contributed by atoms with Gasteiger partial charge < -0.3 is 19.7 Å². The molecule has 0 aliphatic rings. The lowest BCUT2D eigenvalue weighted by molar-refractivity contribution is -0.146. The summed E-state index contributed by atoms with van der Waals surface area (Å²) < 4.78 is 9.12. The van der Waals surface area contributed by atoms with Crippen LogP contribution in [0, 0.1) is 0 Å². The van der Waals surface area contributed by atoms with E-state index < -0.39 is 25.2 Å². The van der Waals surface area contributed by atoms with E-state index in [-0.39, 0.29) is 25.6 Å². The number of carboxylic acids is 2. The van der Waals surface area contributed by atoms with Gasteiger partial charge in [-0.05, 0) is 0 Å². The molecule has 0 amide bonds. The summed E-state index contributed by atoms with van der Waals surface area (Å²) in [5.74, 6) is -2.12. The maximum Gasteiger partial charge on any atom is 0.329 e. The fourth-order valence-corrected chi connectivity index (χ4v) is 0.437. The van der Waals surface area contributed by atoms with Crippen molar-refractivity contribution < 1.29 is 29.3 Å². The molecule has 0 fully saturated rings. The van der Waals surface area contributed by atoms with Crippen LogP contribution in [-0.2, 0) is 19.1 Å². The van der Waals surface area contributed by atoms with Gasteiger partial charge in [-0.3, -0.25) is 0 Å². The lowest BCUT2D eigenvalue weighted by Crippen LogP contribution is -2.14. The van der Waals surface area contributed by atoms with Crippen LogP contribution < -0.4 is 0 Å². The Morgan fingerprint density at radius 1 is 0.923 bits per heavy atom. The Balaban J connectivity index is 0.